The number of fused-ring (bicyclic) bond motifs is 2. The predicted octanol–water partition coefficient (Wildman–Crippen LogP) is 5.57. The Bertz CT molecular complexity index is 974. The molecular weight excluding hydrogens is 294 g/mol. The molecule has 4 rings (SSSR count). The fourth-order valence-electron chi connectivity index (χ4n) is 2.34. The van der Waals surface area contributed by atoms with E-state index in [-0.39, 0.29) is 5.75 Å². The van der Waals surface area contributed by atoms with Crippen LogP contribution in [0.1, 0.15) is 0 Å². The molecule has 0 saturated heterocycles. The Hall–Kier alpha value is -2.79. The van der Waals surface area contributed by atoms with Gasteiger partial charge in [-0.3, -0.25) is 0 Å². The summed E-state index contributed by atoms with van der Waals surface area (Å²) in [5, 5.41) is 20.9. The SMILES string of the molecule is Oc1ccc2ccccc2c1N=Nc1nc2ccccc2s1. The van der Waals surface area contributed by atoms with Crippen molar-refractivity contribution >= 4 is 43.1 Å². The lowest BCUT2D eigenvalue weighted by Gasteiger charge is -2.02. The number of azo groups is 1. The molecule has 1 N–H and O–H groups in total. The third-order valence-electron chi connectivity index (χ3n) is 3.40. The largest absolute Gasteiger partial charge is 0.506 e. The van der Waals surface area contributed by atoms with E-state index < -0.39 is 0 Å². The monoisotopic (exact) mass is 305 g/mol. The topological polar surface area (TPSA) is 57.8 Å². The van der Waals surface area contributed by atoms with E-state index in [1.165, 1.54) is 11.3 Å². The number of nitrogens with zero attached hydrogens (tertiary/aromatic N) is 3. The second-order valence-corrected chi connectivity index (χ2v) is 5.83. The van der Waals surface area contributed by atoms with Gasteiger partial charge in [-0.05, 0) is 23.6 Å². The molecule has 3 aromatic carbocycles. The Kier molecular flexibility index (Phi) is 3.05. The van der Waals surface area contributed by atoms with Crippen molar-refractivity contribution in [3.63, 3.8) is 0 Å². The minimum atomic E-state index is 0.114. The molecule has 0 aliphatic heterocycles. The van der Waals surface area contributed by atoms with Crippen molar-refractivity contribution in [3.8, 4) is 5.75 Å². The summed E-state index contributed by atoms with van der Waals surface area (Å²) in [6.45, 7) is 0. The van der Waals surface area contributed by atoms with E-state index in [4.69, 9.17) is 0 Å². The third kappa shape index (κ3) is 2.21. The van der Waals surface area contributed by atoms with Crippen molar-refractivity contribution < 1.29 is 5.11 Å². The van der Waals surface area contributed by atoms with Crippen LogP contribution in [0.4, 0.5) is 10.8 Å². The van der Waals surface area contributed by atoms with Crippen molar-refractivity contribution in [2.24, 2.45) is 10.2 Å². The van der Waals surface area contributed by atoms with Crippen LogP contribution < -0.4 is 0 Å². The molecule has 5 heteroatoms. The lowest BCUT2D eigenvalue weighted by molar-refractivity contribution is 0.477. The molecule has 0 bridgehead atoms. The first-order valence-electron chi connectivity index (χ1n) is 6.79. The number of aromatic hydroxyl groups is 1. The number of phenolic OH excluding ortho intramolecular Hbond substituents is 1. The highest BCUT2D eigenvalue weighted by molar-refractivity contribution is 7.21. The summed E-state index contributed by atoms with van der Waals surface area (Å²) in [6, 6.07) is 19.1. The zero-order valence-corrected chi connectivity index (χ0v) is 12.3. The van der Waals surface area contributed by atoms with E-state index in [2.05, 4.69) is 15.2 Å². The molecule has 0 aliphatic rings. The van der Waals surface area contributed by atoms with Gasteiger partial charge in [0.05, 0.1) is 10.2 Å². The average Bonchev–Trinajstić information content (AvgIpc) is 2.97. The molecule has 106 valence electrons. The molecule has 0 fully saturated rings. The normalized spacial score (nSPS) is 11.6. The number of hydrogen-bond donors (Lipinski definition) is 1. The summed E-state index contributed by atoms with van der Waals surface area (Å²) >= 11 is 1.47. The minimum absolute atomic E-state index is 0.114. The zero-order valence-electron chi connectivity index (χ0n) is 11.5. The standard InChI is InChI=1S/C17H11N3OS/c21-14-10-9-11-5-1-2-6-12(11)16(14)19-20-17-18-13-7-3-4-8-15(13)22-17/h1-10,21H. The quantitative estimate of drug-likeness (QED) is 0.492. The molecule has 0 aliphatic carbocycles. The van der Waals surface area contributed by atoms with Crippen LogP contribution in [-0.4, -0.2) is 10.1 Å². The summed E-state index contributed by atoms with van der Waals surface area (Å²) in [5.74, 6) is 0.114. The Labute approximate surface area is 130 Å². The lowest BCUT2D eigenvalue weighted by atomic mass is 10.1. The molecule has 1 heterocycles. The van der Waals surface area contributed by atoms with Gasteiger partial charge >= 0.3 is 0 Å². The molecular formula is C17H11N3OS. The molecule has 0 radical (unpaired) electrons. The minimum Gasteiger partial charge on any atom is -0.506 e. The van der Waals surface area contributed by atoms with Crippen molar-refractivity contribution in [1.29, 1.82) is 0 Å². The molecule has 0 amide bonds. The van der Waals surface area contributed by atoms with E-state index in [9.17, 15) is 5.11 Å². The van der Waals surface area contributed by atoms with Crippen LogP contribution in [0.5, 0.6) is 5.75 Å². The summed E-state index contributed by atoms with van der Waals surface area (Å²) in [5.41, 5.74) is 1.38. The first-order valence-corrected chi connectivity index (χ1v) is 7.61. The highest BCUT2D eigenvalue weighted by Gasteiger charge is 2.07. The number of para-hydroxylation sites is 1. The fourth-order valence-corrected chi connectivity index (χ4v) is 3.13. The molecule has 0 atom stereocenters. The van der Waals surface area contributed by atoms with E-state index in [1.807, 2.05) is 54.6 Å². The first kappa shape index (κ1) is 12.9. The summed E-state index contributed by atoms with van der Waals surface area (Å²) in [7, 11) is 0. The highest BCUT2D eigenvalue weighted by atomic mass is 32.1. The lowest BCUT2D eigenvalue weighted by Crippen LogP contribution is -1.74. The molecule has 0 saturated carbocycles. The maximum atomic E-state index is 10.1. The van der Waals surface area contributed by atoms with Gasteiger partial charge in [-0.1, -0.05) is 53.8 Å². The van der Waals surface area contributed by atoms with Crippen LogP contribution in [0, 0.1) is 0 Å². The maximum Gasteiger partial charge on any atom is 0.231 e. The van der Waals surface area contributed by atoms with E-state index in [0.29, 0.717) is 10.8 Å². The van der Waals surface area contributed by atoms with Gasteiger partial charge in [0.1, 0.15) is 11.4 Å². The van der Waals surface area contributed by atoms with Crippen LogP contribution in [0.2, 0.25) is 0 Å². The Morgan fingerprint density at radius 3 is 2.59 bits per heavy atom. The van der Waals surface area contributed by atoms with Gasteiger partial charge in [-0.15, -0.1) is 10.2 Å². The van der Waals surface area contributed by atoms with E-state index in [1.54, 1.807) is 6.07 Å². The smallest absolute Gasteiger partial charge is 0.231 e. The summed E-state index contributed by atoms with van der Waals surface area (Å²) in [6.07, 6.45) is 0. The molecule has 0 unspecified atom stereocenters. The van der Waals surface area contributed by atoms with Crippen LogP contribution in [0.15, 0.2) is 70.9 Å². The number of aromatic nitrogens is 1. The first-order chi connectivity index (χ1) is 10.8. The van der Waals surface area contributed by atoms with Gasteiger partial charge in [0, 0.05) is 5.39 Å². The van der Waals surface area contributed by atoms with E-state index in [0.717, 1.165) is 21.0 Å². The van der Waals surface area contributed by atoms with Crippen molar-refractivity contribution in [2.75, 3.05) is 0 Å². The number of phenols is 1. The second-order valence-electron chi connectivity index (χ2n) is 4.82. The molecule has 4 nitrogen and oxygen atoms in total. The molecule has 1 aromatic heterocycles. The van der Waals surface area contributed by atoms with Crippen LogP contribution in [0.25, 0.3) is 21.0 Å². The van der Waals surface area contributed by atoms with Gasteiger partial charge in [-0.2, -0.15) is 0 Å². The third-order valence-corrected chi connectivity index (χ3v) is 4.32. The van der Waals surface area contributed by atoms with Gasteiger partial charge in [0.25, 0.3) is 0 Å². The van der Waals surface area contributed by atoms with E-state index >= 15 is 0 Å². The van der Waals surface area contributed by atoms with Gasteiger partial charge in [0.2, 0.25) is 5.13 Å². The average molecular weight is 305 g/mol. The van der Waals surface area contributed by atoms with Crippen molar-refractivity contribution in [3.05, 3.63) is 60.7 Å². The molecule has 0 spiro atoms. The molecule has 22 heavy (non-hydrogen) atoms. The fraction of sp³-hybridized carbons (Fsp3) is 0. The van der Waals surface area contributed by atoms with Crippen LogP contribution in [0.3, 0.4) is 0 Å². The number of rotatable bonds is 2. The maximum absolute atomic E-state index is 10.1. The second kappa shape index (κ2) is 5.20. The zero-order chi connectivity index (χ0) is 14.9. The van der Waals surface area contributed by atoms with Crippen LogP contribution in [-0.2, 0) is 0 Å². The summed E-state index contributed by atoms with van der Waals surface area (Å²) in [4.78, 5) is 4.41. The van der Waals surface area contributed by atoms with Crippen molar-refractivity contribution in [1.82, 2.24) is 4.98 Å². The van der Waals surface area contributed by atoms with Crippen molar-refractivity contribution in [2.45, 2.75) is 0 Å². The number of hydrogen-bond acceptors (Lipinski definition) is 5. The number of thiazole rings is 1. The predicted molar refractivity (Wildman–Crippen MR) is 89.4 cm³/mol. The van der Waals surface area contributed by atoms with Gasteiger partial charge in [0.15, 0.2) is 0 Å². The van der Waals surface area contributed by atoms with Crippen LogP contribution >= 0.6 is 11.3 Å². The Morgan fingerprint density at radius 2 is 1.68 bits per heavy atom. The van der Waals surface area contributed by atoms with Gasteiger partial charge < -0.3 is 5.11 Å². The Balaban J connectivity index is 1.81. The summed E-state index contributed by atoms with van der Waals surface area (Å²) < 4.78 is 1.07. The number of benzene rings is 3. The van der Waals surface area contributed by atoms with Gasteiger partial charge in [-0.25, -0.2) is 4.98 Å². The Morgan fingerprint density at radius 1 is 0.864 bits per heavy atom. The molecule has 4 aromatic rings. The highest BCUT2D eigenvalue weighted by Crippen LogP contribution is 2.37.